The van der Waals surface area contributed by atoms with Gasteiger partial charge in [-0.15, -0.1) is 0 Å². The number of amides is 1. The number of carbonyl (C=O) groups is 3. The van der Waals surface area contributed by atoms with Crippen LogP contribution in [0, 0.1) is 13.8 Å². The van der Waals surface area contributed by atoms with Crippen molar-refractivity contribution in [2.45, 2.75) is 46.3 Å². The first-order chi connectivity index (χ1) is 14.3. The Hall–Kier alpha value is -3.41. The summed E-state index contributed by atoms with van der Waals surface area (Å²) in [5.74, 6) is -1.84. The molecule has 2 N–H and O–H groups in total. The number of H-pyrrole nitrogens is 1. The summed E-state index contributed by atoms with van der Waals surface area (Å²) in [5.41, 5.74) is 3.55. The van der Waals surface area contributed by atoms with Gasteiger partial charge in [0.2, 0.25) is 0 Å². The van der Waals surface area contributed by atoms with Crippen molar-refractivity contribution in [1.82, 2.24) is 10.3 Å². The van der Waals surface area contributed by atoms with Gasteiger partial charge >= 0.3 is 5.97 Å². The van der Waals surface area contributed by atoms with E-state index in [0.717, 1.165) is 16.6 Å². The number of ketones is 1. The Morgan fingerprint density at radius 2 is 1.67 bits per heavy atom. The molecule has 6 nitrogen and oxygen atoms in total. The molecule has 0 aliphatic heterocycles. The number of aromatic amines is 1. The number of Topliss-reactive ketones (excluding diaryl/α,β-unsaturated/α-hetero) is 1. The van der Waals surface area contributed by atoms with Crippen LogP contribution < -0.4 is 5.32 Å². The monoisotopic (exact) mass is 406 g/mol. The molecule has 156 valence electrons. The lowest BCUT2D eigenvalue weighted by Gasteiger charge is -2.19. The third kappa shape index (κ3) is 4.76. The van der Waals surface area contributed by atoms with E-state index < -0.39 is 23.7 Å². The van der Waals surface area contributed by atoms with Crippen molar-refractivity contribution in [3.63, 3.8) is 0 Å². The largest absolute Gasteiger partial charge is 0.463 e. The lowest BCUT2D eigenvalue weighted by molar-refractivity contribution is -0.148. The smallest absolute Gasteiger partial charge is 0.308 e. The number of carbonyl (C=O) groups excluding carboxylic acids is 3. The average Bonchev–Trinajstić information content (AvgIpc) is 3.02. The minimum Gasteiger partial charge on any atom is -0.463 e. The number of aromatic nitrogens is 1. The van der Waals surface area contributed by atoms with Crippen LogP contribution in [0.15, 0.2) is 48.5 Å². The molecule has 3 rings (SSSR count). The number of benzene rings is 2. The quantitative estimate of drug-likeness (QED) is 0.350. The molecule has 0 radical (unpaired) electrons. The Balaban J connectivity index is 1.86. The van der Waals surface area contributed by atoms with E-state index in [9.17, 15) is 14.4 Å². The van der Waals surface area contributed by atoms with Crippen LogP contribution in [0.2, 0.25) is 0 Å². The zero-order valence-electron chi connectivity index (χ0n) is 17.6. The Kier molecular flexibility index (Phi) is 6.35. The Labute approximate surface area is 175 Å². The van der Waals surface area contributed by atoms with Gasteiger partial charge in [-0.2, -0.15) is 0 Å². The third-order valence-electron chi connectivity index (χ3n) is 4.85. The van der Waals surface area contributed by atoms with Gasteiger partial charge in [-0.1, -0.05) is 48.0 Å². The van der Waals surface area contributed by atoms with Gasteiger partial charge < -0.3 is 15.0 Å². The summed E-state index contributed by atoms with van der Waals surface area (Å²) in [6.07, 6.45) is -0.324. The fourth-order valence-corrected chi connectivity index (χ4v) is 3.44. The standard InChI is InChI=1S/C24H26N2O4/c1-14(2)30-21(27)13-20(17-11-9-15(3)10-12-17)26-24(29)23(28)22-16(4)25-19-8-6-5-7-18(19)22/h5-12,14,20,25H,13H2,1-4H3,(H,26,29). The predicted molar refractivity (Wildman–Crippen MR) is 115 cm³/mol. The molecule has 2 aromatic carbocycles. The number of nitrogens with one attached hydrogen (secondary N) is 2. The van der Waals surface area contributed by atoms with Crippen LogP contribution in [0.5, 0.6) is 0 Å². The number of ether oxygens (including phenoxy) is 1. The minimum absolute atomic E-state index is 0.0624. The van der Waals surface area contributed by atoms with Gasteiger partial charge in [-0.05, 0) is 39.3 Å². The number of fused-ring (bicyclic) bond motifs is 1. The van der Waals surface area contributed by atoms with E-state index >= 15 is 0 Å². The molecular formula is C24H26N2O4. The highest BCUT2D eigenvalue weighted by atomic mass is 16.5. The first kappa shape index (κ1) is 21.3. The molecular weight excluding hydrogens is 380 g/mol. The summed E-state index contributed by atoms with van der Waals surface area (Å²) < 4.78 is 5.24. The molecule has 0 spiro atoms. The molecule has 6 heteroatoms. The van der Waals surface area contributed by atoms with Crippen molar-refractivity contribution in [3.8, 4) is 0 Å². The first-order valence-electron chi connectivity index (χ1n) is 9.94. The van der Waals surface area contributed by atoms with Gasteiger partial charge in [0, 0.05) is 16.6 Å². The molecule has 1 unspecified atom stereocenters. The maximum absolute atomic E-state index is 13.0. The number of hydrogen-bond acceptors (Lipinski definition) is 4. The molecule has 1 amide bonds. The van der Waals surface area contributed by atoms with E-state index in [2.05, 4.69) is 10.3 Å². The molecule has 30 heavy (non-hydrogen) atoms. The van der Waals surface area contributed by atoms with Gasteiger partial charge in [0.25, 0.3) is 11.7 Å². The number of para-hydroxylation sites is 1. The molecule has 1 aromatic heterocycles. The molecule has 0 saturated carbocycles. The maximum atomic E-state index is 13.0. The lowest BCUT2D eigenvalue weighted by Crippen LogP contribution is -2.36. The van der Waals surface area contributed by atoms with E-state index in [1.165, 1.54) is 0 Å². The second-order valence-corrected chi connectivity index (χ2v) is 7.68. The van der Waals surface area contributed by atoms with Crippen molar-refractivity contribution in [1.29, 1.82) is 0 Å². The van der Waals surface area contributed by atoms with E-state index in [-0.39, 0.29) is 12.5 Å². The topological polar surface area (TPSA) is 88.3 Å². The van der Waals surface area contributed by atoms with Gasteiger partial charge in [-0.25, -0.2) is 0 Å². The van der Waals surface area contributed by atoms with Crippen LogP contribution in [-0.4, -0.2) is 28.7 Å². The second-order valence-electron chi connectivity index (χ2n) is 7.68. The third-order valence-corrected chi connectivity index (χ3v) is 4.85. The van der Waals surface area contributed by atoms with Gasteiger partial charge in [-0.3, -0.25) is 14.4 Å². The maximum Gasteiger partial charge on any atom is 0.308 e. The molecule has 0 saturated heterocycles. The average molecular weight is 406 g/mol. The summed E-state index contributed by atoms with van der Waals surface area (Å²) in [6.45, 7) is 7.24. The number of aryl methyl sites for hydroxylation is 2. The normalized spacial score (nSPS) is 12.0. The molecule has 0 aliphatic rings. The zero-order valence-corrected chi connectivity index (χ0v) is 17.6. The molecule has 3 aromatic rings. The van der Waals surface area contributed by atoms with Crippen molar-refractivity contribution < 1.29 is 19.1 Å². The molecule has 0 bridgehead atoms. The fraction of sp³-hybridized carbons (Fsp3) is 0.292. The summed E-state index contributed by atoms with van der Waals surface area (Å²) in [5, 5.41) is 3.43. The molecule has 0 fully saturated rings. The van der Waals surface area contributed by atoms with Crippen molar-refractivity contribution >= 4 is 28.6 Å². The Morgan fingerprint density at radius 3 is 2.33 bits per heavy atom. The summed E-state index contributed by atoms with van der Waals surface area (Å²) in [7, 11) is 0. The van der Waals surface area contributed by atoms with Crippen molar-refractivity contribution in [2.24, 2.45) is 0 Å². The Bertz CT molecular complexity index is 1080. The number of esters is 1. The van der Waals surface area contributed by atoms with Crippen LogP contribution in [0.1, 0.15) is 53.5 Å². The summed E-state index contributed by atoms with van der Waals surface area (Å²) >= 11 is 0. The Morgan fingerprint density at radius 1 is 1.00 bits per heavy atom. The highest BCUT2D eigenvalue weighted by molar-refractivity contribution is 6.45. The predicted octanol–water partition coefficient (Wildman–Crippen LogP) is 4.17. The van der Waals surface area contributed by atoms with Crippen LogP contribution in [0.25, 0.3) is 10.9 Å². The highest BCUT2D eigenvalue weighted by Crippen LogP contribution is 2.24. The van der Waals surface area contributed by atoms with E-state index in [4.69, 9.17) is 4.74 Å². The second kappa shape index (κ2) is 8.95. The van der Waals surface area contributed by atoms with E-state index in [1.54, 1.807) is 26.8 Å². The van der Waals surface area contributed by atoms with Crippen LogP contribution in [0.4, 0.5) is 0 Å². The first-order valence-corrected chi connectivity index (χ1v) is 9.94. The van der Waals surface area contributed by atoms with E-state index in [1.807, 2.05) is 49.4 Å². The SMILES string of the molecule is Cc1ccc(C(CC(=O)OC(C)C)NC(=O)C(=O)c2c(C)[nH]c3ccccc23)cc1. The van der Waals surface area contributed by atoms with Gasteiger partial charge in [0.15, 0.2) is 0 Å². The fourth-order valence-electron chi connectivity index (χ4n) is 3.44. The van der Waals surface area contributed by atoms with Crippen LogP contribution >= 0.6 is 0 Å². The summed E-state index contributed by atoms with van der Waals surface area (Å²) in [4.78, 5) is 41.2. The zero-order chi connectivity index (χ0) is 21.8. The summed E-state index contributed by atoms with van der Waals surface area (Å²) in [6, 6.07) is 14.1. The van der Waals surface area contributed by atoms with Gasteiger partial charge in [0.05, 0.1) is 24.1 Å². The van der Waals surface area contributed by atoms with Crippen LogP contribution in [0.3, 0.4) is 0 Å². The molecule has 1 atom stereocenters. The van der Waals surface area contributed by atoms with E-state index in [0.29, 0.717) is 16.6 Å². The lowest BCUT2D eigenvalue weighted by atomic mass is 10.0. The number of rotatable bonds is 7. The van der Waals surface area contributed by atoms with Crippen LogP contribution in [-0.2, 0) is 14.3 Å². The highest BCUT2D eigenvalue weighted by Gasteiger charge is 2.27. The molecule has 0 aliphatic carbocycles. The van der Waals surface area contributed by atoms with Crippen molar-refractivity contribution in [2.75, 3.05) is 0 Å². The molecule has 1 heterocycles. The van der Waals surface area contributed by atoms with Gasteiger partial charge in [0.1, 0.15) is 0 Å². The minimum atomic E-state index is -0.759. The number of hydrogen-bond donors (Lipinski definition) is 2. The van der Waals surface area contributed by atoms with Crippen molar-refractivity contribution in [3.05, 3.63) is 70.9 Å².